The lowest BCUT2D eigenvalue weighted by Gasteiger charge is -1.93. The molecule has 0 aliphatic carbocycles. The Morgan fingerprint density at radius 3 is 2.82 bits per heavy atom. The Morgan fingerprint density at radius 2 is 2.27 bits per heavy atom. The van der Waals surface area contributed by atoms with Crippen molar-refractivity contribution in [2.45, 2.75) is 0 Å². The summed E-state index contributed by atoms with van der Waals surface area (Å²) in [5.74, 6) is -0.701. The van der Waals surface area contributed by atoms with Crippen molar-refractivity contribution in [3.63, 3.8) is 0 Å². The van der Waals surface area contributed by atoms with Gasteiger partial charge in [-0.25, -0.2) is 10.1 Å². The first-order chi connectivity index (χ1) is 5.24. The average molecular weight is 174 g/mol. The first kappa shape index (κ1) is 8.04. The van der Waals surface area contributed by atoms with E-state index >= 15 is 0 Å². The van der Waals surface area contributed by atoms with Gasteiger partial charge in [-0.2, -0.15) is 4.89 Å². The molecule has 0 aromatic heterocycles. The van der Waals surface area contributed by atoms with Crippen molar-refractivity contribution in [2.24, 2.45) is 0 Å². The van der Waals surface area contributed by atoms with Gasteiger partial charge in [0.05, 0.1) is 5.56 Å². The van der Waals surface area contributed by atoms with Gasteiger partial charge in [0.25, 0.3) is 0 Å². The number of carbonyl (C=O) groups is 1. The van der Waals surface area contributed by atoms with Crippen LogP contribution in [0.15, 0.2) is 24.3 Å². The molecule has 1 aromatic rings. The van der Waals surface area contributed by atoms with E-state index < -0.39 is 5.97 Å². The lowest BCUT2D eigenvalue weighted by Crippen LogP contribution is -2.00. The standard InChI is InChI=1S/C7H5ClO3/c8-6-3-1-2-5(4-6)7(9)11-10/h1-4,10H/p+1. The molecule has 2 N–H and O–H groups in total. The summed E-state index contributed by atoms with van der Waals surface area (Å²) in [7, 11) is 0. The maximum atomic E-state index is 10.7. The Labute approximate surface area is 68.1 Å². The van der Waals surface area contributed by atoms with Gasteiger partial charge in [-0.15, -0.1) is 0 Å². The molecule has 0 saturated heterocycles. The van der Waals surface area contributed by atoms with Crippen molar-refractivity contribution in [3.05, 3.63) is 34.9 Å². The van der Waals surface area contributed by atoms with E-state index in [4.69, 9.17) is 16.9 Å². The molecular formula is C7H6ClO3+. The van der Waals surface area contributed by atoms with Crippen LogP contribution in [0.25, 0.3) is 0 Å². The zero-order valence-electron chi connectivity index (χ0n) is 5.50. The number of rotatable bonds is 1. The summed E-state index contributed by atoms with van der Waals surface area (Å²) in [5.41, 5.74) is 0.285. The van der Waals surface area contributed by atoms with Gasteiger partial charge in [-0.1, -0.05) is 17.7 Å². The molecule has 0 bridgehead atoms. The highest BCUT2D eigenvalue weighted by atomic mass is 35.5. The van der Waals surface area contributed by atoms with Crippen LogP contribution in [0.5, 0.6) is 0 Å². The molecule has 0 atom stereocenters. The second-order valence-corrected chi connectivity index (χ2v) is 2.34. The van der Waals surface area contributed by atoms with Crippen LogP contribution >= 0.6 is 11.6 Å². The number of hydrogen-bond donors (Lipinski definition) is 0. The summed E-state index contributed by atoms with van der Waals surface area (Å²) in [6.45, 7) is 0. The maximum absolute atomic E-state index is 10.7. The van der Waals surface area contributed by atoms with Crippen LogP contribution in [-0.4, -0.2) is 11.2 Å². The molecule has 0 fully saturated rings. The van der Waals surface area contributed by atoms with Crippen molar-refractivity contribution in [2.75, 3.05) is 0 Å². The van der Waals surface area contributed by atoms with E-state index in [0.29, 0.717) is 5.02 Å². The Morgan fingerprint density at radius 1 is 1.55 bits per heavy atom. The number of hydrogen-bond acceptors (Lipinski definition) is 2. The van der Waals surface area contributed by atoms with E-state index in [9.17, 15) is 4.79 Å². The lowest BCUT2D eigenvalue weighted by molar-refractivity contribution is -0.182. The molecule has 58 valence electrons. The lowest BCUT2D eigenvalue weighted by atomic mass is 10.2. The highest BCUT2D eigenvalue weighted by Crippen LogP contribution is 2.10. The van der Waals surface area contributed by atoms with Crippen LogP contribution in [0.1, 0.15) is 10.4 Å². The molecule has 0 aliphatic rings. The first-order valence-electron chi connectivity index (χ1n) is 2.87. The Balaban J connectivity index is 2.96. The number of carbonyl (C=O) groups excluding carboxylic acids is 1. The predicted molar refractivity (Wildman–Crippen MR) is 40.5 cm³/mol. The van der Waals surface area contributed by atoms with Crippen molar-refractivity contribution in [1.82, 2.24) is 0 Å². The third-order valence-corrected chi connectivity index (χ3v) is 1.39. The topological polar surface area (TPSA) is 49.2 Å². The molecule has 0 heterocycles. The fourth-order valence-corrected chi connectivity index (χ4v) is 0.865. The van der Waals surface area contributed by atoms with Crippen molar-refractivity contribution >= 4 is 17.6 Å². The summed E-state index contributed by atoms with van der Waals surface area (Å²) < 4.78 is 0. The third-order valence-electron chi connectivity index (χ3n) is 1.15. The Hall–Kier alpha value is -1.06. The summed E-state index contributed by atoms with van der Waals surface area (Å²) in [6, 6.07) is 6.23. The smallest absolute Gasteiger partial charge is 0.237 e. The largest absolute Gasteiger partial charge is 0.420 e. The normalized spacial score (nSPS) is 9.27. The highest BCUT2D eigenvalue weighted by Gasteiger charge is 2.08. The zero-order valence-corrected chi connectivity index (χ0v) is 6.26. The van der Waals surface area contributed by atoms with Crippen LogP contribution < -0.4 is 0 Å². The SMILES string of the molecule is O=C(O[OH2+])c1cccc(Cl)c1. The van der Waals surface area contributed by atoms with Gasteiger partial charge in [-0.05, 0) is 18.2 Å². The molecule has 0 unspecified atom stereocenters. The second-order valence-electron chi connectivity index (χ2n) is 1.90. The Kier molecular flexibility index (Phi) is 2.46. The minimum Gasteiger partial charge on any atom is -0.237 e. The minimum absolute atomic E-state index is 0.285. The van der Waals surface area contributed by atoms with Gasteiger partial charge < -0.3 is 0 Å². The van der Waals surface area contributed by atoms with Gasteiger partial charge in [0, 0.05) is 5.02 Å². The van der Waals surface area contributed by atoms with E-state index in [0.717, 1.165) is 0 Å². The molecule has 0 aliphatic heterocycles. The van der Waals surface area contributed by atoms with Crippen LogP contribution in [0.3, 0.4) is 0 Å². The summed E-state index contributed by atoms with van der Waals surface area (Å²) in [4.78, 5) is 14.4. The van der Waals surface area contributed by atoms with Crippen LogP contribution in [-0.2, 0) is 4.89 Å². The molecule has 0 spiro atoms. The summed E-state index contributed by atoms with van der Waals surface area (Å²) in [5, 5.41) is 6.78. The zero-order chi connectivity index (χ0) is 8.27. The monoisotopic (exact) mass is 173 g/mol. The Bertz CT molecular complexity index is 272. The molecular weight excluding hydrogens is 168 g/mol. The first-order valence-corrected chi connectivity index (χ1v) is 3.25. The molecule has 0 saturated carbocycles. The molecule has 3 nitrogen and oxygen atoms in total. The average Bonchev–Trinajstić information content (AvgIpc) is 2.03. The van der Waals surface area contributed by atoms with E-state index in [1.807, 2.05) is 0 Å². The van der Waals surface area contributed by atoms with Crippen LogP contribution in [0.2, 0.25) is 5.02 Å². The van der Waals surface area contributed by atoms with E-state index in [1.165, 1.54) is 12.1 Å². The minimum atomic E-state index is -0.701. The molecule has 1 rings (SSSR count). The molecule has 0 radical (unpaired) electrons. The van der Waals surface area contributed by atoms with Crippen molar-refractivity contribution < 1.29 is 14.9 Å². The quantitative estimate of drug-likeness (QED) is 0.363. The van der Waals surface area contributed by atoms with E-state index in [-0.39, 0.29) is 5.56 Å². The predicted octanol–water partition coefficient (Wildman–Crippen LogP) is 1.14. The highest BCUT2D eigenvalue weighted by molar-refractivity contribution is 6.30. The van der Waals surface area contributed by atoms with Crippen molar-refractivity contribution in [3.8, 4) is 0 Å². The number of halogens is 1. The van der Waals surface area contributed by atoms with Gasteiger partial charge in [-0.3, -0.25) is 0 Å². The van der Waals surface area contributed by atoms with Crippen LogP contribution in [0, 0.1) is 0 Å². The summed E-state index contributed by atoms with van der Waals surface area (Å²) >= 11 is 5.58. The van der Waals surface area contributed by atoms with Crippen molar-refractivity contribution in [1.29, 1.82) is 0 Å². The fraction of sp³-hybridized carbons (Fsp3) is 0. The summed E-state index contributed by atoms with van der Waals surface area (Å²) in [6.07, 6.45) is 0. The molecule has 1 aromatic carbocycles. The molecule has 4 heteroatoms. The van der Waals surface area contributed by atoms with E-state index in [1.54, 1.807) is 12.1 Å². The molecule has 11 heavy (non-hydrogen) atoms. The van der Waals surface area contributed by atoms with Gasteiger partial charge >= 0.3 is 5.97 Å². The third kappa shape index (κ3) is 1.93. The molecule has 0 amide bonds. The van der Waals surface area contributed by atoms with Gasteiger partial charge in [0.15, 0.2) is 0 Å². The van der Waals surface area contributed by atoms with E-state index in [2.05, 4.69) is 4.89 Å². The number of benzene rings is 1. The second kappa shape index (κ2) is 3.37. The van der Waals surface area contributed by atoms with Gasteiger partial charge in [0.2, 0.25) is 0 Å². The maximum Gasteiger partial charge on any atom is 0.420 e. The van der Waals surface area contributed by atoms with Gasteiger partial charge in [0.1, 0.15) is 0 Å². The fourth-order valence-electron chi connectivity index (χ4n) is 0.674. The van der Waals surface area contributed by atoms with Crippen LogP contribution in [0.4, 0.5) is 0 Å².